The van der Waals surface area contributed by atoms with E-state index in [0.29, 0.717) is 0 Å². The highest BCUT2D eigenvalue weighted by atomic mass is 16.5. The third-order valence-corrected chi connectivity index (χ3v) is 0.891. The Labute approximate surface area is 55.4 Å². The molecular formula is C5H4N2O3. The van der Waals surface area contributed by atoms with Crippen molar-refractivity contribution in [1.29, 1.82) is 0 Å². The molecule has 0 aliphatic heterocycles. The van der Waals surface area contributed by atoms with Gasteiger partial charge in [-0.2, -0.15) is 0 Å². The maximum atomic E-state index is 10.3. The van der Waals surface area contributed by atoms with Crippen LogP contribution in [0.5, 0.6) is 0 Å². The lowest BCUT2D eigenvalue weighted by molar-refractivity contribution is 0.0690. The third kappa shape index (κ3) is 1.19. The van der Waals surface area contributed by atoms with Crippen molar-refractivity contribution in [3.63, 3.8) is 0 Å². The summed E-state index contributed by atoms with van der Waals surface area (Å²) in [6, 6.07) is 0. The van der Waals surface area contributed by atoms with Crippen molar-refractivity contribution < 1.29 is 9.90 Å². The molecule has 2 N–H and O–H groups in total. The topological polar surface area (TPSA) is 83.1 Å². The molecule has 1 aromatic heterocycles. The summed E-state index contributed by atoms with van der Waals surface area (Å²) in [7, 11) is 0. The van der Waals surface area contributed by atoms with Gasteiger partial charge in [0.15, 0.2) is 5.69 Å². The van der Waals surface area contributed by atoms with Gasteiger partial charge < -0.3 is 10.1 Å². The molecule has 0 aliphatic carbocycles. The van der Waals surface area contributed by atoms with E-state index in [4.69, 9.17) is 5.11 Å². The van der Waals surface area contributed by atoms with E-state index in [2.05, 4.69) is 9.97 Å². The first-order chi connectivity index (χ1) is 4.70. The molecule has 0 spiro atoms. The van der Waals surface area contributed by atoms with E-state index in [1.807, 2.05) is 0 Å². The molecular weight excluding hydrogens is 139 g/mol. The second kappa shape index (κ2) is 2.30. The minimum atomic E-state index is -1.16. The van der Waals surface area contributed by atoms with Crippen molar-refractivity contribution >= 4 is 5.97 Å². The zero-order valence-electron chi connectivity index (χ0n) is 4.87. The molecule has 0 saturated carbocycles. The van der Waals surface area contributed by atoms with Crippen LogP contribution in [-0.4, -0.2) is 21.0 Å². The second-order valence-corrected chi connectivity index (χ2v) is 1.60. The zero-order chi connectivity index (χ0) is 7.56. The molecule has 0 unspecified atom stereocenters. The van der Waals surface area contributed by atoms with E-state index < -0.39 is 11.5 Å². The maximum Gasteiger partial charge on any atom is 0.356 e. The van der Waals surface area contributed by atoms with Crippen LogP contribution in [0, 0.1) is 0 Å². The van der Waals surface area contributed by atoms with E-state index in [9.17, 15) is 9.59 Å². The van der Waals surface area contributed by atoms with Gasteiger partial charge in [0.25, 0.3) is 5.56 Å². The molecule has 0 aromatic carbocycles. The van der Waals surface area contributed by atoms with Crippen LogP contribution in [0.1, 0.15) is 10.5 Å². The van der Waals surface area contributed by atoms with Crippen LogP contribution in [0.2, 0.25) is 0 Å². The van der Waals surface area contributed by atoms with Crippen molar-refractivity contribution in [2.24, 2.45) is 0 Å². The Morgan fingerprint density at radius 1 is 1.70 bits per heavy atom. The Morgan fingerprint density at radius 2 is 2.40 bits per heavy atom. The summed E-state index contributed by atoms with van der Waals surface area (Å²) in [5.41, 5.74) is -0.579. The van der Waals surface area contributed by atoms with Crippen molar-refractivity contribution in [3.05, 3.63) is 28.4 Å². The number of nitrogens with one attached hydrogen (secondary N) is 1. The summed E-state index contributed by atoms with van der Waals surface area (Å²) in [6.07, 6.45) is 1.97. The molecule has 0 aliphatic rings. The minimum absolute atomic E-state index is 0.167. The quantitative estimate of drug-likeness (QED) is 0.517. The molecule has 5 nitrogen and oxygen atoms in total. The number of aromatic nitrogens is 2. The highest BCUT2D eigenvalue weighted by Crippen LogP contribution is 1.84. The van der Waals surface area contributed by atoms with Gasteiger partial charge in [-0.05, 0) is 0 Å². The number of carbonyl (C=O) groups is 1. The van der Waals surface area contributed by atoms with Crippen LogP contribution >= 0.6 is 0 Å². The zero-order valence-corrected chi connectivity index (χ0v) is 4.87. The summed E-state index contributed by atoms with van der Waals surface area (Å²) >= 11 is 0. The number of hydrogen-bond donors (Lipinski definition) is 2. The first kappa shape index (κ1) is 6.47. The number of carboxylic acid groups (broad SMARTS) is 1. The predicted octanol–water partition coefficient (Wildman–Crippen LogP) is -0.532. The summed E-state index contributed by atoms with van der Waals surface area (Å²) in [5.74, 6) is -1.16. The smallest absolute Gasteiger partial charge is 0.356 e. The lowest BCUT2D eigenvalue weighted by atomic mass is 10.9. The average molecular weight is 143 g/mol. The van der Waals surface area contributed by atoms with Gasteiger partial charge >= 0.3 is 5.97 Å². The number of nitrogens with zero attached hydrogens (tertiary/aromatic N) is 1. The van der Waals surface area contributed by atoms with E-state index in [1.54, 1.807) is 0 Å². The first-order valence-electron chi connectivity index (χ1n) is 2.48. The van der Waals surface area contributed by atoms with E-state index in [1.165, 1.54) is 0 Å². The molecule has 0 radical (unpaired) electrons. The van der Waals surface area contributed by atoms with Gasteiger partial charge in [0, 0.05) is 6.20 Å². The van der Waals surface area contributed by atoms with Crippen molar-refractivity contribution in [2.75, 3.05) is 0 Å². The number of aromatic carboxylic acids is 1. The lowest BCUT2D eigenvalue weighted by Gasteiger charge is -1.87. The minimum Gasteiger partial charge on any atom is -0.476 e. The first-order valence-corrected chi connectivity index (χ1v) is 2.48. The summed E-state index contributed by atoms with van der Waals surface area (Å²) in [6.45, 7) is 0. The monoisotopic (exact) mass is 143 g/mol. The standard InChI is InChI=1S/C5H4N2O3/c8-4-2-6-3(1-7-4)5(9)10/h1-2H,(H,7,8)(H,9,10)/i1+1,3+1,5+1. The Hall–Kier alpha value is -1.65. The van der Waals surface area contributed by atoms with Crippen LogP contribution in [0.4, 0.5) is 0 Å². The fraction of sp³-hybridized carbons (Fsp3) is 0. The molecule has 1 rings (SSSR count). The number of H-pyrrole nitrogens is 1. The van der Waals surface area contributed by atoms with Crippen molar-refractivity contribution in [1.82, 2.24) is 9.97 Å². The molecule has 0 bridgehead atoms. The second-order valence-electron chi connectivity index (χ2n) is 1.60. The number of aromatic amines is 1. The van der Waals surface area contributed by atoms with Gasteiger partial charge in [-0.3, -0.25) is 4.79 Å². The van der Waals surface area contributed by atoms with Crippen molar-refractivity contribution in [3.8, 4) is 0 Å². The Kier molecular flexibility index (Phi) is 1.49. The predicted molar refractivity (Wildman–Crippen MR) is 31.8 cm³/mol. The Morgan fingerprint density at radius 3 is 2.80 bits per heavy atom. The average Bonchev–Trinajstić information content (AvgIpc) is 1.88. The number of rotatable bonds is 1. The van der Waals surface area contributed by atoms with Crippen LogP contribution in [-0.2, 0) is 0 Å². The number of hydrogen-bond acceptors (Lipinski definition) is 3. The van der Waals surface area contributed by atoms with E-state index in [-0.39, 0.29) is 5.69 Å². The normalized spacial score (nSPS) is 9.20. The Bertz CT molecular complexity index is 284. The Balaban J connectivity index is 3.12. The van der Waals surface area contributed by atoms with Crippen LogP contribution in [0.3, 0.4) is 0 Å². The SMILES string of the molecule is O=c1cn[13c]([13C](=O)O)[13cH][nH]1. The maximum absolute atomic E-state index is 10.3. The van der Waals surface area contributed by atoms with Crippen LogP contribution < -0.4 is 5.56 Å². The molecule has 52 valence electrons. The van der Waals surface area contributed by atoms with Gasteiger partial charge in [0.2, 0.25) is 0 Å². The van der Waals surface area contributed by atoms with E-state index >= 15 is 0 Å². The lowest BCUT2D eigenvalue weighted by Crippen LogP contribution is -2.09. The largest absolute Gasteiger partial charge is 0.476 e. The van der Waals surface area contributed by atoms with Gasteiger partial charge in [-0.15, -0.1) is 0 Å². The molecule has 0 fully saturated rings. The summed E-state index contributed by atoms with van der Waals surface area (Å²) < 4.78 is 0. The van der Waals surface area contributed by atoms with Gasteiger partial charge in [0.1, 0.15) is 0 Å². The van der Waals surface area contributed by atoms with Gasteiger partial charge in [0.05, 0.1) is 6.20 Å². The third-order valence-electron chi connectivity index (χ3n) is 0.891. The molecule has 5 heteroatoms. The molecule has 0 atom stereocenters. The van der Waals surface area contributed by atoms with Crippen molar-refractivity contribution in [2.45, 2.75) is 0 Å². The molecule has 1 aromatic rings. The summed E-state index contributed by atoms with van der Waals surface area (Å²) in [5, 5.41) is 8.29. The fourth-order valence-electron chi connectivity index (χ4n) is 0.459. The van der Waals surface area contributed by atoms with Crippen LogP contribution in [0.25, 0.3) is 0 Å². The number of carboxylic acids is 1. The summed E-state index contributed by atoms with van der Waals surface area (Å²) in [4.78, 5) is 26.0. The van der Waals surface area contributed by atoms with E-state index in [0.717, 1.165) is 12.4 Å². The van der Waals surface area contributed by atoms with Gasteiger partial charge in [-0.1, -0.05) is 0 Å². The molecule has 0 amide bonds. The highest BCUT2D eigenvalue weighted by Gasteiger charge is 2.01. The molecule has 0 saturated heterocycles. The van der Waals surface area contributed by atoms with Gasteiger partial charge in [-0.25, -0.2) is 9.78 Å². The molecule has 10 heavy (non-hydrogen) atoms. The highest BCUT2D eigenvalue weighted by molar-refractivity contribution is 5.84. The van der Waals surface area contributed by atoms with Crippen LogP contribution in [0.15, 0.2) is 17.2 Å². The molecule has 1 heterocycles. The fourth-order valence-corrected chi connectivity index (χ4v) is 0.459.